The number of halogens is 2. The molecule has 1 saturated heterocycles. The third-order valence-electron chi connectivity index (χ3n) is 6.72. The minimum absolute atomic E-state index is 0.216. The van der Waals surface area contributed by atoms with Crippen LogP contribution in [0.25, 0.3) is 16.9 Å². The quantitative estimate of drug-likeness (QED) is 0.343. The summed E-state index contributed by atoms with van der Waals surface area (Å²) in [5.41, 5.74) is 3.08. The third-order valence-corrected chi connectivity index (χ3v) is 6.72. The van der Waals surface area contributed by atoms with E-state index < -0.39 is 17.7 Å². The number of benzene rings is 3. The molecule has 0 bridgehead atoms. The molecule has 4 aromatic rings. The van der Waals surface area contributed by atoms with E-state index in [1.165, 1.54) is 6.07 Å². The zero-order chi connectivity index (χ0) is 26.5. The Labute approximate surface area is 220 Å². The standard InChI is InChI=1S/C29H29F2N5O2/c1-38-15-14-35-18-23(21-12-13-24(30)25(31)16-21)27(19-35)32-29(37)33-28-17-26(20-8-4-2-5-9-20)34-36(28)22-10-6-3-7-11-22/h2-13,16-17,23,27H,14-15,18-19H2,1H3,(H2,32,33,37). The number of rotatable bonds is 8. The van der Waals surface area contributed by atoms with Crippen molar-refractivity contribution in [2.75, 3.05) is 38.7 Å². The number of amides is 2. The molecule has 1 fully saturated rings. The number of anilines is 1. The van der Waals surface area contributed by atoms with Gasteiger partial charge in [0, 0.05) is 44.3 Å². The van der Waals surface area contributed by atoms with E-state index in [0.29, 0.717) is 37.6 Å². The molecule has 196 valence electrons. The highest BCUT2D eigenvalue weighted by Crippen LogP contribution is 2.29. The fourth-order valence-corrected chi connectivity index (χ4v) is 4.82. The van der Waals surface area contributed by atoms with Gasteiger partial charge in [0.25, 0.3) is 0 Å². The number of para-hydroxylation sites is 1. The normalized spacial score (nSPS) is 17.4. The predicted molar refractivity (Wildman–Crippen MR) is 142 cm³/mol. The Balaban J connectivity index is 1.38. The average molecular weight is 518 g/mol. The van der Waals surface area contributed by atoms with E-state index in [2.05, 4.69) is 15.5 Å². The van der Waals surface area contributed by atoms with Crippen LogP contribution in [0, 0.1) is 11.6 Å². The number of hydrogen-bond acceptors (Lipinski definition) is 4. The maximum Gasteiger partial charge on any atom is 0.320 e. The Hall–Kier alpha value is -4.08. The van der Waals surface area contributed by atoms with Gasteiger partial charge in [0.1, 0.15) is 5.82 Å². The number of nitrogens with one attached hydrogen (secondary N) is 2. The van der Waals surface area contributed by atoms with E-state index in [9.17, 15) is 13.6 Å². The summed E-state index contributed by atoms with van der Waals surface area (Å²) in [6.07, 6.45) is 0. The molecule has 2 N–H and O–H groups in total. The summed E-state index contributed by atoms with van der Waals surface area (Å²) < 4.78 is 34.5. The van der Waals surface area contributed by atoms with Crippen molar-refractivity contribution in [2.45, 2.75) is 12.0 Å². The Morgan fingerprint density at radius 3 is 2.42 bits per heavy atom. The highest BCUT2D eigenvalue weighted by atomic mass is 19.2. The monoisotopic (exact) mass is 517 g/mol. The van der Waals surface area contributed by atoms with Crippen molar-refractivity contribution < 1.29 is 18.3 Å². The first-order valence-corrected chi connectivity index (χ1v) is 12.5. The van der Waals surface area contributed by atoms with Gasteiger partial charge in [0.15, 0.2) is 11.6 Å². The lowest BCUT2D eigenvalue weighted by Crippen LogP contribution is -2.42. The summed E-state index contributed by atoms with van der Waals surface area (Å²) in [7, 11) is 1.63. The van der Waals surface area contributed by atoms with E-state index in [0.717, 1.165) is 23.0 Å². The average Bonchev–Trinajstić information content (AvgIpc) is 3.54. The van der Waals surface area contributed by atoms with Crippen molar-refractivity contribution in [1.82, 2.24) is 20.0 Å². The zero-order valence-corrected chi connectivity index (χ0v) is 21.0. The second kappa shape index (κ2) is 11.5. The van der Waals surface area contributed by atoms with Gasteiger partial charge < -0.3 is 10.1 Å². The molecule has 1 aliphatic heterocycles. The summed E-state index contributed by atoms with van der Waals surface area (Å²) in [6, 6.07) is 24.3. The van der Waals surface area contributed by atoms with E-state index in [4.69, 9.17) is 9.84 Å². The highest BCUT2D eigenvalue weighted by Gasteiger charge is 2.35. The van der Waals surface area contributed by atoms with Gasteiger partial charge in [-0.1, -0.05) is 54.6 Å². The molecule has 1 aromatic heterocycles. The van der Waals surface area contributed by atoms with Crippen molar-refractivity contribution in [3.05, 3.63) is 102 Å². The van der Waals surface area contributed by atoms with E-state index in [-0.39, 0.29) is 12.0 Å². The molecular formula is C29H29F2N5O2. The van der Waals surface area contributed by atoms with Crippen LogP contribution in [0.5, 0.6) is 0 Å². The molecule has 3 aromatic carbocycles. The van der Waals surface area contributed by atoms with Crippen molar-refractivity contribution in [2.24, 2.45) is 0 Å². The number of hydrogen-bond donors (Lipinski definition) is 2. The fourth-order valence-electron chi connectivity index (χ4n) is 4.82. The number of carbonyl (C=O) groups excluding carboxylic acids is 1. The topological polar surface area (TPSA) is 71.4 Å². The first-order chi connectivity index (χ1) is 18.5. The lowest BCUT2D eigenvalue weighted by atomic mass is 9.94. The van der Waals surface area contributed by atoms with Gasteiger partial charge in [0.2, 0.25) is 0 Å². The number of nitrogens with zero attached hydrogens (tertiary/aromatic N) is 3. The zero-order valence-electron chi connectivity index (χ0n) is 21.0. The molecule has 2 atom stereocenters. The number of likely N-dealkylation sites (tertiary alicyclic amines) is 1. The minimum atomic E-state index is -0.902. The predicted octanol–water partition coefficient (Wildman–Crippen LogP) is 5.05. The largest absolute Gasteiger partial charge is 0.383 e. The SMILES string of the molecule is COCCN1CC(NC(=O)Nc2cc(-c3ccccc3)nn2-c2ccccc2)C(c2ccc(F)c(F)c2)C1. The van der Waals surface area contributed by atoms with Gasteiger partial charge in [-0.05, 0) is 29.8 Å². The van der Waals surface area contributed by atoms with Crippen LogP contribution in [-0.4, -0.2) is 60.1 Å². The molecule has 0 saturated carbocycles. The van der Waals surface area contributed by atoms with Crippen LogP contribution in [0.3, 0.4) is 0 Å². The molecule has 2 heterocycles. The molecule has 1 aliphatic rings. The first kappa shape index (κ1) is 25.6. The maximum atomic E-state index is 14.0. The smallest absolute Gasteiger partial charge is 0.320 e. The van der Waals surface area contributed by atoms with Crippen molar-refractivity contribution >= 4 is 11.8 Å². The molecule has 2 amide bonds. The minimum Gasteiger partial charge on any atom is -0.383 e. The summed E-state index contributed by atoms with van der Waals surface area (Å²) in [5, 5.41) is 10.7. The van der Waals surface area contributed by atoms with Crippen LogP contribution in [0.2, 0.25) is 0 Å². The number of aromatic nitrogens is 2. The van der Waals surface area contributed by atoms with Crippen LogP contribution in [0.15, 0.2) is 84.9 Å². The molecule has 0 spiro atoms. The number of urea groups is 1. The lowest BCUT2D eigenvalue weighted by Gasteiger charge is -2.21. The number of carbonyl (C=O) groups is 1. The van der Waals surface area contributed by atoms with Gasteiger partial charge in [-0.15, -0.1) is 0 Å². The van der Waals surface area contributed by atoms with Gasteiger partial charge in [-0.25, -0.2) is 18.3 Å². The van der Waals surface area contributed by atoms with Crippen LogP contribution in [-0.2, 0) is 4.74 Å². The van der Waals surface area contributed by atoms with Crippen LogP contribution < -0.4 is 10.6 Å². The highest BCUT2D eigenvalue weighted by molar-refractivity contribution is 5.89. The van der Waals surface area contributed by atoms with E-state index in [1.807, 2.05) is 66.7 Å². The van der Waals surface area contributed by atoms with E-state index >= 15 is 0 Å². The summed E-state index contributed by atoms with van der Waals surface area (Å²) in [6.45, 7) is 2.33. The molecule has 7 nitrogen and oxygen atoms in total. The molecule has 5 rings (SSSR count). The van der Waals surface area contributed by atoms with Gasteiger partial charge in [-0.3, -0.25) is 10.2 Å². The van der Waals surface area contributed by atoms with Crippen molar-refractivity contribution in [3.8, 4) is 16.9 Å². The summed E-state index contributed by atoms with van der Waals surface area (Å²) in [5.74, 6) is -1.51. The lowest BCUT2D eigenvalue weighted by molar-refractivity contribution is 0.159. The Bertz CT molecular complexity index is 1380. The Morgan fingerprint density at radius 1 is 0.974 bits per heavy atom. The number of ether oxygens (including phenoxy) is 1. The Kier molecular flexibility index (Phi) is 7.76. The molecule has 0 radical (unpaired) electrons. The fraction of sp³-hybridized carbons (Fsp3) is 0.241. The van der Waals surface area contributed by atoms with Crippen molar-refractivity contribution in [1.29, 1.82) is 0 Å². The van der Waals surface area contributed by atoms with Gasteiger partial charge in [-0.2, -0.15) is 5.10 Å². The molecule has 38 heavy (non-hydrogen) atoms. The summed E-state index contributed by atoms with van der Waals surface area (Å²) >= 11 is 0. The molecule has 2 unspecified atom stereocenters. The first-order valence-electron chi connectivity index (χ1n) is 12.5. The van der Waals surface area contributed by atoms with Crippen LogP contribution in [0.4, 0.5) is 19.4 Å². The molecular weight excluding hydrogens is 488 g/mol. The maximum absolute atomic E-state index is 14.0. The Morgan fingerprint density at radius 2 is 1.71 bits per heavy atom. The van der Waals surface area contributed by atoms with Crippen LogP contribution in [0.1, 0.15) is 11.5 Å². The molecule has 9 heteroatoms. The molecule has 0 aliphatic carbocycles. The third kappa shape index (κ3) is 5.74. The number of methoxy groups -OCH3 is 1. The van der Waals surface area contributed by atoms with Crippen LogP contribution >= 0.6 is 0 Å². The van der Waals surface area contributed by atoms with Gasteiger partial charge in [0.05, 0.1) is 24.0 Å². The second-order valence-electron chi connectivity index (χ2n) is 9.27. The van der Waals surface area contributed by atoms with E-state index in [1.54, 1.807) is 17.9 Å². The van der Waals surface area contributed by atoms with Crippen molar-refractivity contribution in [3.63, 3.8) is 0 Å². The summed E-state index contributed by atoms with van der Waals surface area (Å²) in [4.78, 5) is 15.4. The second-order valence-corrected chi connectivity index (χ2v) is 9.27. The van der Waals surface area contributed by atoms with Gasteiger partial charge >= 0.3 is 6.03 Å².